The van der Waals surface area contributed by atoms with Crippen LogP contribution < -0.4 is 5.73 Å². The summed E-state index contributed by atoms with van der Waals surface area (Å²) in [6.45, 7) is 5.82. The molecule has 1 atom stereocenters. The fraction of sp³-hybridized carbons (Fsp3) is 1.00. The van der Waals surface area contributed by atoms with Gasteiger partial charge in [-0.1, -0.05) is 6.92 Å². The van der Waals surface area contributed by atoms with E-state index in [1.54, 1.807) is 7.11 Å². The molecule has 0 aliphatic heterocycles. The number of ether oxygens (including phenoxy) is 1. The Morgan fingerprint density at radius 3 is 2.25 bits per heavy atom. The Morgan fingerprint density at radius 1 is 1.35 bits per heavy atom. The lowest BCUT2D eigenvalue weighted by atomic mass is 9.74. The molecule has 0 spiro atoms. The van der Waals surface area contributed by atoms with Gasteiger partial charge in [0.05, 0.1) is 12.5 Å². The Kier molecular flexibility index (Phi) is 6.28. The van der Waals surface area contributed by atoms with E-state index in [1.165, 1.54) is 0 Å². The first-order valence-electron chi connectivity index (χ1n) is 7.33. The first-order valence-corrected chi connectivity index (χ1v) is 7.33. The Labute approximate surface area is 119 Å². The molecule has 6 heteroatoms. The van der Waals surface area contributed by atoms with Crippen LogP contribution in [0.5, 0.6) is 0 Å². The molecule has 1 unspecified atom stereocenters. The molecule has 0 bridgehead atoms. The molecule has 3 nitrogen and oxygen atoms in total. The number of nitrogens with two attached hydrogens (primary N) is 1. The molecule has 0 heterocycles. The largest absolute Gasteiger partial charge is 0.391 e. The van der Waals surface area contributed by atoms with E-state index in [-0.39, 0.29) is 24.4 Å². The van der Waals surface area contributed by atoms with Crippen molar-refractivity contribution in [3.63, 3.8) is 0 Å². The highest BCUT2D eigenvalue weighted by Crippen LogP contribution is 2.43. The number of halogens is 3. The van der Waals surface area contributed by atoms with Crippen molar-refractivity contribution in [2.75, 3.05) is 26.8 Å². The summed E-state index contributed by atoms with van der Waals surface area (Å²) in [5.74, 6) is -1.17. The highest BCUT2D eigenvalue weighted by Gasteiger charge is 2.47. The third kappa shape index (κ3) is 3.86. The minimum absolute atomic E-state index is 0.163. The standard InChI is InChI=1S/C14H27F3N2O/c1-4-19(11(2)9-20-3)13(10-18)7-5-12(6-8-13)14(15,16)17/h11-12H,4-10,18H2,1-3H3. The highest BCUT2D eigenvalue weighted by molar-refractivity contribution is 4.98. The third-order valence-electron chi connectivity index (χ3n) is 4.65. The van der Waals surface area contributed by atoms with Crippen molar-refractivity contribution in [3.05, 3.63) is 0 Å². The van der Waals surface area contributed by atoms with E-state index >= 15 is 0 Å². The zero-order chi connectivity index (χ0) is 15.4. The van der Waals surface area contributed by atoms with Gasteiger partial charge in [-0.25, -0.2) is 0 Å². The lowest BCUT2D eigenvalue weighted by Gasteiger charge is -2.50. The lowest BCUT2D eigenvalue weighted by Crippen LogP contribution is -2.60. The van der Waals surface area contributed by atoms with E-state index in [0.29, 0.717) is 26.0 Å². The van der Waals surface area contributed by atoms with Crippen LogP contribution in [0.15, 0.2) is 0 Å². The first kappa shape index (κ1) is 17.7. The summed E-state index contributed by atoms with van der Waals surface area (Å²) < 4.78 is 43.6. The van der Waals surface area contributed by atoms with Gasteiger partial charge in [0, 0.05) is 25.2 Å². The van der Waals surface area contributed by atoms with Crippen LogP contribution in [0.25, 0.3) is 0 Å². The summed E-state index contributed by atoms with van der Waals surface area (Å²) in [5.41, 5.74) is 5.63. The number of rotatable bonds is 6. The molecule has 0 aromatic carbocycles. The van der Waals surface area contributed by atoms with Gasteiger partial charge in [0.1, 0.15) is 0 Å². The van der Waals surface area contributed by atoms with Crippen LogP contribution >= 0.6 is 0 Å². The van der Waals surface area contributed by atoms with Crippen molar-refractivity contribution in [1.29, 1.82) is 0 Å². The van der Waals surface area contributed by atoms with E-state index in [2.05, 4.69) is 4.90 Å². The third-order valence-corrected chi connectivity index (χ3v) is 4.65. The minimum atomic E-state index is -4.07. The van der Waals surface area contributed by atoms with Crippen LogP contribution in [0.4, 0.5) is 13.2 Å². The quantitative estimate of drug-likeness (QED) is 0.819. The normalized spacial score (nSPS) is 29.7. The SMILES string of the molecule is CCN(C(C)COC)C1(CN)CCC(C(F)(F)F)CC1. The van der Waals surface area contributed by atoms with Gasteiger partial charge in [-0.05, 0) is 39.2 Å². The Hall–Kier alpha value is -0.330. The first-order chi connectivity index (χ1) is 9.30. The molecule has 20 heavy (non-hydrogen) atoms. The summed E-state index contributed by atoms with van der Waals surface area (Å²) in [6.07, 6.45) is -2.70. The van der Waals surface area contributed by atoms with Gasteiger partial charge >= 0.3 is 6.18 Å². The van der Waals surface area contributed by atoms with Crippen LogP contribution in [-0.2, 0) is 4.74 Å². The summed E-state index contributed by atoms with van der Waals surface area (Å²) >= 11 is 0. The molecule has 1 saturated carbocycles. The maximum atomic E-state index is 12.8. The van der Waals surface area contributed by atoms with Crippen LogP contribution in [0.1, 0.15) is 39.5 Å². The van der Waals surface area contributed by atoms with Crippen molar-refractivity contribution >= 4 is 0 Å². The lowest BCUT2D eigenvalue weighted by molar-refractivity contribution is -0.189. The van der Waals surface area contributed by atoms with Crippen molar-refractivity contribution < 1.29 is 17.9 Å². The second-order valence-corrected chi connectivity index (χ2v) is 5.83. The molecule has 0 aromatic heterocycles. The molecule has 0 aromatic rings. The van der Waals surface area contributed by atoms with Gasteiger partial charge in [0.2, 0.25) is 0 Å². The molecular weight excluding hydrogens is 269 g/mol. The zero-order valence-electron chi connectivity index (χ0n) is 12.7. The fourth-order valence-electron chi connectivity index (χ4n) is 3.54. The summed E-state index contributed by atoms with van der Waals surface area (Å²) in [7, 11) is 1.64. The van der Waals surface area contributed by atoms with E-state index in [9.17, 15) is 13.2 Å². The van der Waals surface area contributed by atoms with Crippen molar-refractivity contribution in [3.8, 4) is 0 Å². The van der Waals surface area contributed by atoms with Gasteiger partial charge in [0.25, 0.3) is 0 Å². The molecule has 0 saturated heterocycles. The van der Waals surface area contributed by atoms with Gasteiger partial charge < -0.3 is 10.5 Å². The maximum Gasteiger partial charge on any atom is 0.391 e. The molecule has 1 aliphatic rings. The van der Waals surface area contributed by atoms with Crippen LogP contribution in [-0.4, -0.2) is 49.5 Å². The van der Waals surface area contributed by atoms with Crippen LogP contribution in [0.3, 0.4) is 0 Å². The Bertz CT molecular complexity index is 289. The van der Waals surface area contributed by atoms with E-state index in [1.807, 2.05) is 13.8 Å². The second-order valence-electron chi connectivity index (χ2n) is 5.83. The minimum Gasteiger partial charge on any atom is -0.383 e. The number of hydrogen-bond donors (Lipinski definition) is 1. The number of nitrogens with zero attached hydrogens (tertiary/aromatic N) is 1. The van der Waals surface area contributed by atoms with Gasteiger partial charge in [-0.2, -0.15) is 13.2 Å². The fourth-order valence-corrected chi connectivity index (χ4v) is 3.54. The average Bonchev–Trinajstić information content (AvgIpc) is 2.39. The second kappa shape index (κ2) is 7.09. The highest BCUT2D eigenvalue weighted by atomic mass is 19.4. The van der Waals surface area contributed by atoms with Gasteiger partial charge in [-0.3, -0.25) is 4.90 Å². The molecule has 0 radical (unpaired) electrons. The van der Waals surface area contributed by atoms with Gasteiger partial charge in [-0.15, -0.1) is 0 Å². The van der Waals surface area contributed by atoms with E-state index in [4.69, 9.17) is 10.5 Å². The monoisotopic (exact) mass is 296 g/mol. The summed E-state index contributed by atoms with van der Waals surface area (Å²) in [5, 5.41) is 0. The number of hydrogen-bond acceptors (Lipinski definition) is 3. The number of alkyl halides is 3. The molecule has 1 aliphatic carbocycles. The topological polar surface area (TPSA) is 38.5 Å². The molecule has 120 valence electrons. The smallest absolute Gasteiger partial charge is 0.383 e. The zero-order valence-corrected chi connectivity index (χ0v) is 12.7. The van der Waals surface area contributed by atoms with Crippen molar-refractivity contribution in [1.82, 2.24) is 4.90 Å². The maximum absolute atomic E-state index is 12.8. The van der Waals surface area contributed by atoms with E-state index < -0.39 is 12.1 Å². The van der Waals surface area contributed by atoms with Crippen molar-refractivity contribution in [2.45, 2.75) is 57.3 Å². The van der Waals surface area contributed by atoms with E-state index in [0.717, 1.165) is 6.54 Å². The van der Waals surface area contributed by atoms with Crippen molar-refractivity contribution in [2.24, 2.45) is 11.7 Å². The Morgan fingerprint density at radius 2 is 1.90 bits per heavy atom. The Balaban J connectivity index is 2.78. The van der Waals surface area contributed by atoms with Gasteiger partial charge in [0.15, 0.2) is 0 Å². The average molecular weight is 296 g/mol. The number of methoxy groups -OCH3 is 1. The molecule has 1 fully saturated rings. The summed E-state index contributed by atoms with van der Waals surface area (Å²) in [6, 6.07) is 0.163. The molecule has 0 amide bonds. The van der Waals surface area contributed by atoms with Crippen LogP contribution in [0, 0.1) is 5.92 Å². The molecule has 1 rings (SSSR count). The summed E-state index contributed by atoms with van der Waals surface area (Å²) in [4.78, 5) is 2.23. The molecule has 2 N–H and O–H groups in total. The molecular formula is C14H27F3N2O. The predicted octanol–water partition coefficient (Wildman–Crippen LogP) is 2.79. The number of likely N-dealkylation sites (N-methyl/N-ethyl adjacent to an activating group) is 1. The predicted molar refractivity (Wildman–Crippen MR) is 73.5 cm³/mol. The van der Waals surface area contributed by atoms with Crippen LogP contribution in [0.2, 0.25) is 0 Å².